The number of para-hydroxylation sites is 1. The standard InChI is InChI=1S/C22H32N4O2/c1-16(22(28)26-13-10-18-7-2-3-9-20(18)26)25-12-5-6-17(15-25)14-24-21(27)19-8-4-11-23-19/h2-3,7,9,16-17,19,23H,4-6,8,10-15H2,1H3,(H,24,27). The number of carbonyl (C=O) groups excluding carboxylic acids is 2. The zero-order chi connectivity index (χ0) is 19.5. The summed E-state index contributed by atoms with van der Waals surface area (Å²) in [5.74, 6) is 0.748. The fourth-order valence-corrected chi connectivity index (χ4v) is 4.84. The molecule has 1 aromatic carbocycles. The van der Waals surface area contributed by atoms with Crippen molar-refractivity contribution < 1.29 is 9.59 Å². The van der Waals surface area contributed by atoms with Crippen molar-refractivity contribution >= 4 is 17.5 Å². The topological polar surface area (TPSA) is 64.7 Å². The summed E-state index contributed by atoms with van der Waals surface area (Å²) in [5, 5.41) is 6.38. The van der Waals surface area contributed by atoms with Crippen LogP contribution in [0, 0.1) is 5.92 Å². The number of nitrogens with zero attached hydrogens (tertiary/aromatic N) is 2. The fraction of sp³-hybridized carbons (Fsp3) is 0.636. The highest BCUT2D eigenvalue weighted by Gasteiger charge is 2.33. The molecule has 0 radical (unpaired) electrons. The second-order valence-corrected chi connectivity index (χ2v) is 8.44. The molecule has 3 unspecified atom stereocenters. The molecule has 2 fully saturated rings. The normalized spacial score (nSPS) is 26.1. The maximum atomic E-state index is 13.2. The Morgan fingerprint density at radius 2 is 2.07 bits per heavy atom. The summed E-state index contributed by atoms with van der Waals surface area (Å²) in [5.41, 5.74) is 2.34. The van der Waals surface area contributed by atoms with E-state index in [1.54, 1.807) is 0 Å². The Bertz CT molecular complexity index is 716. The molecular formula is C22H32N4O2. The van der Waals surface area contributed by atoms with Crippen LogP contribution in [0.15, 0.2) is 24.3 Å². The van der Waals surface area contributed by atoms with E-state index in [0.717, 1.165) is 64.0 Å². The number of anilines is 1. The monoisotopic (exact) mass is 384 g/mol. The van der Waals surface area contributed by atoms with Gasteiger partial charge in [0, 0.05) is 25.3 Å². The van der Waals surface area contributed by atoms with Crippen LogP contribution in [-0.4, -0.2) is 61.5 Å². The van der Waals surface area contributed by atoms with Crippen molar-refractivity contribution in [3.63, 3.8) is 0 Å². The molecular weight excluding hydrogens is 352 g/mol. The summed E-state index contributed by atoms with van der Waals surface area (Å²) in [6, 6.07) is 8.08. The molecule has 6 heteroatoms. The van der Waals surface area contributed by atoms with Crippen molar-refractivity contribution in [1.29, 1.82) is 0 Å². The molecule has 3 heterocycles. The molecule has 0 aliphatic carbocycles. The lowest BCUT2D eigenvalue weighted by Gasteiger charge is -2.37. The predicted octanol–water partition coefficient (Wildman–Crippen LogP) is 1.54. The van der Waals surface area contributed by atoms with Crippen molar-refractivity contribution in [3.05, 3.63) is 29.8 Å². The van der Waals surface area contributed by atoms with Gasteiger partial charge in [0.25, 0.3) is 0 Å². The number of piperidine rings is 1. The van der Waals surface area contributed by atoms with E-state index in [9.17, 15) is 9.59 Å². The van der Waals surface area contributed by atoms with Gasteiger partial charge in [0.15, 0.2) is 0 Å². The van der Waals surface area contributed by atoms with Gasteiger partial charge >= 0.3 is 0 Å². The third-order valence-electron chi connectivity index (χ3n) is 6.55. The van der Waals surface area contributed by atoms with E-state index in [4.69, 9.17) is 0 Å². The highest BCUT2D eigenvalue weighted by molar-refractivity contribution is 5.98. The molecule has 28 heavy (non-hydrogen) atoms. The average Bonchev–Trinajstić information content (AvgIpc) is 3.41. The van der Waals surface area contributed by atoms with Crippen LogP contribution in [0.5, 0.6) is 0 Å². The summed E-state index contributed by atoms with van der Waals surface area (Å²) in [4.78, 5) is 29.7. The van der Waals surface area contributed by atoms with E-state index in [1.165, 1.54) is 5.56 Å². The first-order valence-electron chi connectivity index (χ1n) is 10.8. The van der Waals surface area contributed by atoms with E-state index in [0.29, 0.717) is 12.5 Å². The molecule has 1 aromatic rings. The van der Waals surface area contributed by atoms with E-state index in [2.05, 4.69) is 27.7 Å². The van der Waals surface area contributed by atoms with Crippen molar-refractivity contribution in [2.24, 2.45) is 5.92 Å². The van der Waals surface area contributed by atoms with Crippen LogP contribution in [0.25, 0.3) is 0 Å². The Kier molecular flexibility index (Phi) is 5.97. The van der Waals surface area contributed by atoms with Crippen LogP contribution in [0.1, 0.15) is 38.2 Å². The third kappa shape index (κ3) is 4.08. The van der Waals surface area contributed by atoms with E-state index >= 15 is 0 Å². The van der Waals surface area contributed by atoms with Crippen molar-refractivity contribution in [1.82, 2.24) is 15.5 Å². The molecule has 0 bridgehead atoms. The van der Waals surface area contributed by atoms with Crippen LogP contribution in [0.3, 0.4) is 0 Å². The summed E-state index contributed by atoms with van der Waals surface area (Å²) in [6.07, 6.45) is 5.15. The molecule has 6 nitrogen and oxygen atoms in total. The van der Waals surface area contributed by atoms with Gasteiger partial charge in [-0.1, -0.05) is 18.2 Å². The minimum Gasteiger partial charge on any atom is -0.354 e. The number of nitrogens with one attached hydrogen (secondary N) is 2. The van der Waals surface area contributed by atoms with Crippen molar-refractivity contribution in [2.45, 2.75) is 51.1 Å². The number of amides is 2. The lowest BCUT2D eigenvalue weighted by molar-refractivity contribution is -0.125. The lowest BCUT2D eigenvalue weighted by Crippen LogP contribution is -2.52. The van der Waals surface area contributed by atoms with E-state index in [1.807, 2.05) is 24.0 Å². The number of carbonyl (C=O) groups is 2. The Balaban J connectivity index is 1.31. The molecule has 3 aliphatic heterocycles. The van der Waals surface area contributed by atoms with Crippen LogP contribution in [0.2, 0.25) is 0 Å². The molecule has 0 spiro atoms. The molecule has 4 rings (SSSR count). The SMILES string of the molecule is CC(C(=O)N1CCc2ccccc21)N1CCCC(CNC(=O)C2CCCN2)C1. The van der Waals surface area contributed by atoms with Gasteiger partial charge in [0.1, 0.15) is 0 Å². The average molecular weight is 385 g/mol. The van der Waals surface area contributed by atoms with Gasteiger partial charge in [0.2, 0.25) is 11.8 Å². The number of fused-ring (bicyclic) bond motifs is 1. The van der Waals surface area contributed by atoms with Gasteiger partial charge in [0.05, 0.1) is 12.1 Å². The number of rotatable bonds is 5. The van der Waals surface area contributed by atoms with Gasteiger partial charge in [-0.25, -0.2) is 0 Å². The Morgan fingerprint density at radius 3 is 2.89 bits per heavy atom. The molecule has 2 amide bonds. The number of likely N-dealkylation sites (tertiary alicyclic amines) is 1. The highest BCUT2D eigenvalue weighted by Crippen LogP contribution is 2.29. The molecule has 0 saturated carbocycles. The quantitative estimate of drug-likeness (QED) is 0.808. The highest BCUT2D eigenvalue weighted by atomic mass is 16.2. The van der Waals surface area contributed by atoms with Crippen LogP contribution in [0.4, 0.5) is 5.69 Å². The first kappa shape index (κ1) is 19.4. The zero-order valence-electron chi connectivity index (χ0n) is 16.8. The lowest BCUT2D eigenvalue weighted by atomic mass is 9.96. The number of benzene rings is 1. The molecule has 0 aromatic heterocycles. The third-order valence-corrected chi connectivity index (χ3v) is 6.55. The summed E-state index contributed by atoms with van der Waals surface area (Å²) < 4.78 is 0. The summed E-state index contributed by atoms with van der Waals surface area (Å²) >= 11 is 0. The van der Waals surface area contributed by atoms with Gasteiger partial charge in [-0.3, -0.25) is 14.5 Å². The van der Waals surface area contributed by atoms with E-state index in [-0.39, 0.29) is 23.9 Å². The zero-order valence-corrected chi connectivity index (χ0v) is 16.8. The van der Waals surface area contributed by atoms with Crippen LogP contribution >= 0.6 is 0 Å². The fourth-order valence-electron chi connectivity index (χ4n) is 4.84. The van der Waals surface area contributed by atoms with Crippen LogP contribution in [-0.2, 0) is 16.0 Å². The maximum absolute atomic E-state index is 13.2. The second-order valence-electron chi connectivity index (χ2n) is 8.44. The van der Waals surface area contributed by atoms with Crippen LogP contribution < -0.4 is 15.5 Å². The molecule has 2 saturated heterocycles. The number of hydrogen-bond donors (Lipinski definition) is 2. The predicted molar refractivity (Wildman–Crippen MR) is 110 cm³/mol. The minimum atomic E-state index is -0.124. The van der Waals surface area contributed by atoms with E-state index < -0.39 is 0 Å². The molecule has 2 N–H and O–H groups in total. The molecule has 3 atom stereocenters. The molecule has 152 valence electrons. The second kappa shape index (κ2) is 8.62. The largest absolute Gasteiger partial charge is 0.354 e. The minimum absolute atomic E-state index is 0.0181. The summed E-state index contributed by atoms with van der Waals surface area (Å²) in [7, 11) is 0. The van der Waals surface area contributed by atoms with Crippen molar-refractivity contribution in [3.8, 4) is 0 Å². The Hall–Kier alpha value is -1.92. The first-order valence-corrected chi connectivity index (χ1v) is 10.8. The smallest absolute Gasteiger partial charge is 0.244 e. The summed E-state index contributed by atoms with van der Waals surface area (Å²) in [6.45, 7) is 6.30. The first-order chi connectivity index (χ1) is 13.6. The number of hydrogen-bond acceptors (Lipinski definition) is 4. The van der Waals surface area contributed by atoms with Gasteiger partial charge in [-0.2, -0.15) is 0 Å². The maximum Gasteiger partial charge on any atom is 0.244 e. The molecule has 3 aliphatic rings. The van der Waals surface area contributed by atoms with Gasteiger partial charge < -0.3 is 15.5 Å². The van der Waals surface area contributed by atoms with Crippen molar-refractivity contribution in [2.75, 3.05) is 37.6 Å². The van der Waals surface area contributed by atoms with Gasteiger partial charge in [-0.15, -0.1) is 0 Å². The van der Waals surface area contributed by atoms with Gasteiger partial charge in [-0.05, 0) is 69.7 Å². The Labute approximate surface area is 167 Å². The Morgan fingerprint density at radius 1 is 1.21 bits per heavy atom.